The standard InChI is InChI=1S/C6H4BrClN2O2/c1-3-2-4(7)9-6(8)5(3)10(11)12/h2H,1H3. The number of nitrogens with zero attached hydrogens (tertiary/aromatic N) is 2. The average Bonchev–Trinajstić information content (AvgIpc) is 1.82. The highest BCUT2D eigenvalue weighted by molar-refractivity contribution is 9.10. The maximum atomic E-state index is 10.4. The molecule has 0 amide bonds. The lowest BCUT2D eigenvalue weighted by Gasteiger charge is -1.98. The van der Waals surface area contributed by atoms with Gasteiger partial charge in [-0.1, -0.05) is 11.6 Å². The second-order valence-electron chi connectivity index (χ2n) is 2.16. The van der Waals surface area contributed by atoms with E-state index in [0.717, 1.165) is 0 Å². The Balaban J connectivity index is 3.38. The molecule has 0 aliphatic rings. The minimum atomic E-state index is -0.545. The van der Waals surface area contributed by atoms with E-state index in [2.05, 4.69) is 20.9 Å². The Morgan fingerprint density at radius 3 is 2.75 bits per heavy atom. The van der Waals surface area contributed by atoms with Crippen molar-refractivity contribution in [3.05, 3.63) is 31.5 Å². The zero-order valence-electron chi connectivity index (χ0n) is 6.04. The Hall–Kier alpha value is -0.680. The molecule has 0 saturated heterocycles. The molecule has 0 aliphatic heterocycles. The maximum absolute atomic E-state index is 10.4. The number of pyridine rings is 1. The molecule has 0 radical (unpaired) electrons. The summed E-state index contributed by atoms with van der Waals surface area (Å²) < 4.78 is 0.496. The molecule has 1 aromatic heterocycles. The van der Waals surface area contributed by atoms with Crippen molar-refractivity contribution >= 4 is 33.2 Å². The molecule has 1 aromatic rings. The minimum Gasteiger partial charge on any atom is -0.258 e. The first kappa shape index (κ1) is 9.41. The summed E-state index contributed by atoms with van der Waals surface area (Å²) in [7, 11) is 0. The van der Waals surface area contributed by atoms with Gasteiger partial charge in [0.1, 0.15) is 4.60 Å². The molecule has 0 atom stereocenters. The highest BCUT2D eigenvalue weighted by atomic mass is 79.9. The minimum absolute atomic E-state index is 0.0909. The van der Waals surface area contributed by atoms with Crippen LogP contribution in [0.25, 0.3) is 0 Å². The SMILES string of the molecule is Cc1cc(Br)nc(Cl)c1[N+](=O)[O-]. The summed E-state index contributed by atoms with van der Waals surface area (Å²) in [5, 5.41) is 10.3. The molecule has 0 aliphatic carbocycles. The molecular formula is C6H4BrClN2O2. The first-order chi connectivity index (χ1) is 5.52. The third-order valence-corrected chi connectivity index (χ3v) is 1.96. The van der Waals surface area contributed by atoms with E-state index in [9.17, 15) is 10.1 Å². The fraction of sp³-hybridized carbons (Fsp3) is 0.167. The summed E-state index contributed by atoms with van der Waals surface area (Å²) in [5.74, 6) is 0. The summed E-state index contributed by atoms with van der Waals surface area (Å²) in [6.07, 6.45) is 0. The van der Waals surface area contributed by atoms with Gasteiger partial charge in [-0.2, -0.15) is 0 Å². The lowest BCUT2D eigenvalue weighted by molar-refractivity contribution is -0.385. The first-order valence-corrected chi connectivity index (χ1v) is 4.16. The molecule has 1 rings (SSSR count). The third-order valence-electron chi connectivity index (χ3n) is 1.29. The van der Waals surface area contributed by atoms with E-state index in [0.29, 0.717) is 10.2 Å². The molecule has 0 bridgehead atoms. The van der Waals surface area contributed by atoms with Crippen molar-refractivity contribution in [2.45, 2.75) is 6.92 Å². The molecule has 4 nitrogen and oxygen atoms in total. The van der Waals surface area contributed by atoms with Gasteiger partial charge in [-0.25, -0.2) is 4.98 Å². The van der Waals surface area contributed by atoms with Gasteiger partial charge in [0.2, 0.25) is 5.15 Å². The molecular weight excluding hydrogens is 247 g/mol. The van der Waals surface area contributed by atoms with E-state index < -0.39 is 4.92 Å². The quantitative estimate of drug-likeness (QED) is 0.438. The van der Waals surface area contributed by atoms with E-state index in [4.69, 9.17) is 11.6 Å². The van der Waals surface area contributed by atoms with Gasteiger partial charge < -0.3 is 0 Å². The molecule has 12 heavy (non-hydrogen) atoms. The molecule has 6 heteroatoms. The van der Waals surface area contributed by atoms with Crippen LogP contribution in [0.5, 0.6) is 0 Å². The fourth-order valence-corrected chi connectivity index (χ4v) is 1.74. The number of rotatable bonds is 1. The van der Waals surface area contributed by atoms with Crippen LogP contribution in [0.4, 0.5) is 5.69 Å². The van der Waals surface area contributed by atoms with Gasteiger partial charge in [0.05, 0.1) is 4.92 Å². The van der Waals surface area contributed by atoms with Crippen molar-refractivity contribution in [1.82, 2.24) is 4.98 Å². The van der Waals surface area contributed by atoms with Crippen LogP contribution in [0.3, 0.4) is 0 Å². The number of aromatic nitrogens is 1. The highest BCUT2D eigenvalue weighted by Gasteiger charge is 2.17. The summed E-state index contributed by atoms with van der Waals surface area (Å²) in [5.41, 5.74) is 0.353. The smallest absolute Gasteiger partial charge is 0.258 e. The second kappa shape index (κ2) is 3.37. The maximum Gasteiger partial charge on any atom is 0.309 e. The van der Waals surface area contributed by atoms with Gasteiger partial charge in [0.15, 0.2) is 0 Å². The summed E-state index contributed by atoms with van der Waals surface area (Å²) in [4.78, 5) is 13.6. The van der Waals surface area contributed by atoms with Crippen LogP contribution >= 0.6 is 27.5 Å². The Kier molecular flexibility index (Phi) is 2.64. The Morgan fingerprint density at radius 2 is 2.33 bits per heavy atom. The zero-order chi connectivity index (χ0) is 9.30. The number of nitro groups is 1. The van der Waals surface area contributed by atoms with Gasteiger partial charge in [-0.05, 0) is 28.9 Å². The van der Waals surface area contributed by atoms with E-state index in [1.807, 2.05) is 0 Å². The van der Waals surface area contributed by atoms with Gasteiger partial charge in [0, 0.05) is 5.56 Å². The first-order valence-electron chi connectivity index (χ1n) is 2.99. The van der Waals surface area contributed by atoms with Crippen LogP contribution in [-0.2, 0) is 0 Å². The topological polar surface area (TPSA) is 56.0 Å². The molecule has 0 spiro atoms. The lowest BCUT2D eigenvalue weighted by atomic mass is 10.3. The van der Waals surface area contributed by atoms with Gasteiger partial charge in [0.25, 0.3) is 0 Å². The van der Waals surface area contributed by atoms with Gasteiger partial charge in [-0.3, -0.25) is 10.1 Å². The van der Waals surface area contributed by atoms with E-state index >= 15 is 0 Å². The number of halogens is 2. The lowest BCUT2D eigenvalue weighted by Crippen LogP contribution is -1.94. The fourth-order valence-electron chi connectivity index (χ4n) is 0.808. The average molecular weight is 251 g/mol. The molecule has 64 valence electrons. The molecule has 0 saturated carbocycles. The van der Waals surface area contributed by atoms with Crippen molar-refractivity contribution in [1.29, 1.82) is 0 Å². The van der Waals surface area contributed by atoms with Crippen LogP contribution in [0, 0.1) is 17.0 Å². The molecule has 0 unspecified atom stereocenters. The Morgan fingerprint density at radius 1 is 1.75 bits per heavy atom. The van der Waals surface area contributed by atoms with Crippen molar-refractivity contribution in [3.8, 4) is 0 Å². The van der Waals surface area contributed by atoms with Crippen molar-refractivity contribution in [2.24, 2.45) is 0 Å². The highest BCUT2D eigenvalue weighted by Crippen LogP contribution is 2.28. The van der Waals surface area contributed by atoms with Crippen LogP contribution in [-0.4, -0.2) is 9.91 Å². The predicted octanol–water partition coefficient (Wildman–Crippen LogP) is 2.71. The van der Waals surface area contributed by atoms with Crippen LogP contribution in [0.15, 0.2) is 10.7 Å². The van der Waals surface area contributed by atoms with Gasteiger partial charge >= 0.3 is 5.69 Å². The van der Waals surface area contributed by atoms with Crippen LogP contribution in [0.1, 0.15) is 5.56 Å². The number of hydrogen-bond acceptors (Lipinski definition) is 3. The largest absolute Gasteiger partial charge is 0.309 e. The van der Waals surface area contributed by atoms with Crippen molar-refractivity contribution in [3.63, 3.8) is 0 Å². The Labute approximate surface area is 81.8 Å². The zero-order valence-corrected chi connectivity index (χ0v) is 8.39. The number of hydrogen-bond donors (Lipinski definition) is 0. The molecule has 0 fully saturated rings. The molecule has 0 N–H and O–H groups in total. The second-order valence-corrected chi connectivity index (χ2v) is 3.33. The van der Waals surface area contributed by atoms with Crippen molar-refractivity contribution in [2.75, 3.05) is 0 Å². The van der Waals surface area contributed by atoms with E-state index in [-0.39, 0.29) is 10.8 Å². The van der Waals surface area contributed by atoms with E-state index in [1.165, 1.54) is 0 Å². The van der Waals surface area contributed by atoms with Crippen molar-refractivity contribution < 1.29 is 4.92 Å². The molecule has 0 aromatic carbocycles. The number of aryl methyl sites for hydroxylation is 1. The normalized spacial score (nSPS) is 9.92. The third kappa shape index (κ3) is 1.73. The van der Waals surface area contributed by atoms with E-state index in [1.54, 1.807) is 13.0 Å². The predicted molar refractivity (Wildman–Crippen MR) is 48.3 cm³/mol. The van der Waals surface area contributed by atoms with Crippen LogP contribution in [0.2, 0.25) is 5.15 Å². The molecule has 1 heterocycles. The summed E-state index contributed by atoms with van der Waals surface area (Å²) in [6.45, 7) is 1.61. The monoisotopic (exact) mass is 250 g/mol. The summed E-state index contributed by atoms with van der Waals surface area (Å²) in [6, 6.07) is 1.55. The van der Waals surface area contributed by atoms with Crippen LogP contribution < -0.4 is 0 Å². The summed E-state index contributed by atoms with van der Waals surface area (Å²) >= 11 is 8.63. The Bertz CT molecular complexity index is 319. The van der Waals surface area contributed by atoms with Gasteiger partial charge in [-0.15, -0.1) is 0 Å².